The quantitative estimate of drug-likeness (QED) is 0.689. The highest BCUT2D eigenvalue weighted by Crippen LogP contribution is 1.96. The van der Waals surface area contributed by atoms with E-state index in [9.17, 15) is 8.42 Å². The summed E-state index contributed by atoms with van der Waals surface area (Å²) in [5, 5.41) is 10.2. The van der Waals surface area contributed by atoms with Crippen molar-refractivity contribution >= 4 is 15.8 Å². The Balaban J connectivity index is 2.37. The summed E-state index contributed by atoms with van der Waals surface area (Å²) in [6.45, 7) is 0.307. The molecule has 6 nitrogen and oxygen atoms in total. The molecule has 0 aromatic carbocycles. The number of nitrogens with one attached hydrogen (secondary N) is 2. The summed E-state index contributed by atoms with van der Waals surface area (Å²) in [5.41, 5.74) is 0. The van der Waals surface area contributed by atoms with E-state index < -0.39 is 10.0 Å². The lowest BCUT2D eigenvalue weighted by Crippen LogP contribution is -2.26. The van der Waals surface area contributed by atoms with Crippen LogP contribution >= 0.6 is 0 Å². The first kappa shape index (κ1) is 10.9. The van der Waals surface area contributed by atoms with E-state index in [0.29, 0.717) is 12.4 Å². The van der Waals surface area contributed by atoms with Gasteiger partial charge in [0.1, 0.15) is 5.82 Å². The van der Waals surface area contributed by atoms with Gasteiger partial charge in [-0.05, 0) is 19.2 Å². The van der Waals surface area contributed by atoms with E-state index in [0.717, 1.165) is 0 Å². The van der Waals surface area contributed by atoms with Crippen LogP contribution in [0.1, 0.15) is 0 Å². The van der Waals surface area contributed by atoms with Crippen molar-refractivity contribution in [3.8, 4) is 0 Å². The first-order chi connectivity index (χ1) is 6.64. The number of hydrogen-bond donors (Lipinski definition) is 2. The number of aromatic nitrogens is 2. The van der Waals surface area contributed by atoms with Gasteiger partial charge >= 0.3 is 0 Å². The van der Waals surface area contributed by atoms with Gasteiger partial charge < -0.3 is 5.32 Å². The van der Waals surface area contributed by atoms with Crippen LogP contribution in [-0.4, -0.2) is 38.0 Å². The van der Waals surface area contributed by atoms with Crippen LogP contribution in [0.5, 0.6) is 0 Å². The summed E-state index contributed by atoms with van der Waals surface area (Å²) in [7, 11) is -1.76. The largest absolute Gasteiger partial charge is 0.368 e. The number of anilines is 1. The van der Waals surface area contributed by atoms with Crippen molar-refractivity contribution in [3.05, 3.63) is 18.3 Å². The number of sulfonamides is 1. The molecule has 2 N–H and O–H groups in total. The average Bonchev–Trinajstić information content (AvgIpc) is 2.19. The molecule has 0 atom stereocenters. The van der Waals surface area contributed by atoms with Gasteiger partial charge in [-0.15, -0.1) is 5.10 Å². The van der Waals surface area contributed by atoms with Crippen molar-refractivity contribution in [1.29, 1.82) is 0 Å². The van der Waals surface area contributed by atoms with Gasteiger partial charge in [0, 0.05) is 12.7 Å². The van der Waals surface area contributed by atoms with Crippen molar-refractivity contribution in [2.45, 2.75) is 0 Å². The van der Waals surface area contributed by atoms with Crippen LogP contribution in [0, 0.1) is 0 Å². The topological polar surface area (TPSA) is 84.0 Å². The lowest BCUT2D eigenvalue weighted by Gasteiger charge is -2.04. The zero-order chi connectivity index (χ0) is 10.4. The van der Waals surface area contributed by atoms with Gasteiger partial charge in [-0.2, -0.15) is 5.10 Å². The summed E-state index contributed by atoms with van der Waals surface area (Å²) < 4.78 is 24.2. The molecule has 1 aromatic heterocycles. The summed E-state index contributed by atoms with van der Waals surface area (Å²) in [5.74, 6) is 0.582. The second kappa shape index (κ2) is 4.87. The Kier molecular flexibility index (Phi) is 3.78. The minimum atomic E-state index is -3.15. The van der Waals surface area contributed by atoms with Gasteiger partial charge in [0.25, 0.3) is 0 Å². The summed E-state index contributed by atoms with van der Waals surface area (Å²) >= 11 is 0. The normalized spacial score (nSPS) is 11.2. The van der Waals surface area contributed by atoms with Gasteiger partial charge in [-0.1, -0.05) is 0 Å². The first-order valence-electron chi connectivity index (χ1n) is 4.07. The van der Waals surface area contributed by atoms with Crippen molar-refractivity contribution < 1.29 is 8.42 Å². The Hall–Kier alpha value is -1.21. The Morgan fingerprint density at radius 3 is 2.86 bits per heavy atom. The molecule has 0 saturated heterocycles. The Bertz CT molecular complexity index is 365. The smallest absolute Gasteiger partial charge is 0.213 e. The van der Waals surface area contributed by atoms with E-state index in [-0.39, 0.29) is 5.75 Å². The number of rotatable bonds is 5. The van der Waals surface area contributed by atoms with Crippen LogP contribution in [-0.2, 0) is 10.0 Å². The fourth-order valence-electron chi connectivity index (χ4n) is 0.811. The molecule has 78 valence electrons. The average molecular weight is 216 g/mol. The molecule has 0 amide bonds. The first-order valence-corrected chi connectivity index (χ1v) is 5.72. The Morgan fingerprint density at radius 1 is 1.50 bits per heavy atom. The minimum Gasteiger partial charge on any atom is -0.368 e. The molecule has 0 fully saturated rings. The maximum absolute atomic E-state index is 11.0. The maximum atomic E-state index is 11.0. The molecule has 0 radical (unpaired) electrons. The molecule has 7 heteroatoms. The predicted octanol–water partition coefficient (Wildman–Crippen LogP) is -0.562. The second-order valence-electron chi connectivity index (χ2n) is 2.56. The predicted molar refractivity (Wildman–Crippen MR) is 53.4 cm³/mol. The van der Waals surface area contributed by atoms with Gasteiger partial charge in [0.05, 0.1) is 5.75 Å². The van der Waals surface area contributed by atoms with E-state index in [4.69, 9.17) is 0 Å². The summed E-state index contributed by atoms with van der Waals surface area (Å²) in [6.07, 6.45) is 1.55. The molecular weight excluding hydrogens is 204 g/mol. The molecule has 14 heavy (non-hydrogen) atoms. The highest BCUT2D eigenvalue weighted by Gasteiger charge is 2.05. The van der Waals surface area contributed by atoms with E-state index in [1.54, 1.807) is 18.3 Å². The number of nitrogens with zero attached hydrogens (tertiary/aromatic N) is 2. The molecule has 1 aromatic rings. The molecule has 0 bridgehead atoms. The van der Waals surface area contributed by atoms with Crippen LogP contribution in [0.15, 0.2) is 18.3 Å². The van der Waals surface area contributed by atoms with Crippen LogP contribution in [0.2, 0.25) is 0 Å². The zero-order valence-corrected chi connectivity index (χ0v) is 8.58. The van der Waals surface area contributed by atoms with Gasteiger partial charge in [-0.3, -0.25) is 0 Å². The monoisotopic (exact) mass is 216 g/mol. The summed E-state index contributed by atoms with van der Waals surface area (Å²) in [6, 6.07) is 3.45. The molecular formula is C7H12N4O2S. The van der Waals surface area contributed by atoms with Crippen LogP contribution in [0.25, 0.3) is 0 Å². The molecule has 0 aliphatic rings. The third-order valence-corrected chi connectivity index (χ3v) is 2.92. The van der Waals surface area contributed by atoms with Crippen LogP contribution < -0.4 is 10.0 Å². The maximum Gasteiger partial charge on any atom is 0.213 e. The summed E-state index contributed by atoms with van der Waals surface area (Å²) in [4.78, 5) is 0. The lowest BCUT2D eigenvalue weighted by atomic mass is 10.5. The SMILES string of the molecule is CNS(=O)(=O)CCNc1cccnn1. The molecule has 1 heterocycles. The standard InChI is InChI=1S/C7H12N4O2S/c1-8-14(12,13)6-5-9-7-3-2-4-10-11-7/h2-4,8H,5-6H2,1H3,(H,9,11). The van der Waals surface area contributed by atoms with Gasteiger partial charge in [0.2, 0.25) is 10.0 Å². The molecule has 1 rings (SSSR count). The number of hydrogen-bond acceptors (Lipinski definition) is 5. The van der Waals surface area contributed by atoms with Crippen molar-refractivity contribution in [2.24, 2.45) is 0 Å². The highest BCUT2D eigenvalue weighted by atomic mass is 32.2. The van der Waals surface area contributed by atoms with E-state index >= 15 is 0 Å². The fourth-order valence-corrected chi connectivity index (χ4v) is 1.39. The van der Waals surface area contributed by atoms with Crippen molar-refractivity contribution in [1.82, 2.24) is 14.9 Å². The third kappa shape index (κ3) is 3.67. The van der Waals surface area contributed by atoms with E-state index in [2.05, 4.69) is 20.2 Å². The molecule has 0 aliphatic carbocycles. The zero-order valence-electron chi connectivity index (χ0n) is 7.77. The third-order valence-electron chi connectivity index (χ3n) is 1.56. The van der Waals surface area contributed by atoms with Crippen molar-refractivity contribution in [3.63, 3.8) is 0 Å². The van der Waals surface area contributed by atoms with Crippen LogP contribution in [0.3, 0.4) is 0 Å². The molecule has 0 saturated carbocycles. The van der Waals surface area contributed by atoms with E-state index in [1.807, 2.05) is 0 Å². The second-order valence-corrected chi connectivity index (χ2v) is 4.60. The van der Waals surface area contributed by atoms with Gasteiger partial charge in [-0.25, -0.2) is 13.1 Å². The lowest BCUT2D eigenvalue weighted by molar-refractivity contribution is 0.588. The molecule has 0 aliphatic heterocycles. The Labute approximate surface area is 82.8 Å². The molecule has 0 unspecified atom stereocenters. The van der Waals surface area contributed by atoms with Crippen molar-refractivity contribution in [2.75, 3.05) is 24.7 Å². The minimum absolute atomic E-state index is 0.0140. The van der Waals surface area contributed by atoms with E-state index in [1.165, 1.54) is 7.05 Å². The molecule has 0 spiro atoms. The Morgan fingerprint density at radius 2 is 2.29 bits per heavy atom. The van der Waals surface area contributed by atoms with Crippen LogP contribution in [0.4, 0.5) is 5.82 Å². The highest BCUT2D eigenvalue weighted by molar-refractivity contribution is 7.89. The van der Waals surface area contributed by atoms with Gasteiger partial charge in [0.15, 0.2) is 0 Å². The fraction of sp³-hybridized carbons (Fsp3) is 0.429.